The number of hydrogen-bond acceptors (Lipinski definition) is 4. The fraction of sp³-hybridized carbons (Fsp3) is 0.455. The van der Waals surface area contributed by atoms with Crippen molar-refractivity contribution in [2.75, 3.05) is 13.1 Å². The average Bonchev–Trinajstić information content (AvgIpc) is 2.37. The monoisotopic (exact) mass is 287 g/mol. The molecule has 0 bridgehead atoms. The van der Waals surface area contributed by atoms with E-state index in [1.807, 2.05) is 0 Å². The summed E-state index contributed by atoms with van der Waals surface area (Å²) in [6.07, 6.45) is 3.24. The maximum absolute atomic E-state index is 13.0. The molecule has 1 aromatic rings. The molecule has 0 aromatic carbocycles. The van der Waals surface area contributed by atoms with Crippen molar-refractivity contribution >= 4 is 15.9 Å². The number of likely N-dealkylation sites (tertiary alicyclic amines) is 1. The quantitative estimate of drug-likeness (QED) is 0.835. The summed E-state index contributed by atoms with van der Waals surface area (Å²) in [6, 6.07) is 1.08. The largest absolute Gasteiger partial charge is 0.337 e. The van der Waals surface area contributed by atoms with Crippen LogP contribution in [0.1, 0.15) is 23.2 Å². The average molecular weight is 287 g/mol. The Bertz CT molecular complexity index is 591. The smallest absolute Gasteiger partial charge is 0.255 e. The lowest BCUT2D eigenvalue weighted by molar-refractivity contribution is 0.0726. The zero-order valence-corrected chi connectivity index (χ0v) is 10.9. The molecule has 2 rings (SSSR count). The Morgan fingerprint density at radius 3 is 2.84 bits per heavy atom. The van der Waals surface area contributed by atoms with Gasteiger partial charge in [0.25, 0.3) is 5.91 Å². The minimum atomic E-state index is -3.67. The van der Waals surface area contributed by atoms with Gasteiger partial charge in [0.1, 0.15) is 5.82 Å². The topological polar surface area (TPSA) is 93.4 Å². The van der Waals surface area contributed by atoms with Crippen LogP contribution in [0.5, 0.6) is 0 Å². The first-order valence-corrected chi connectivity index (χ1v) is 7.40. The van der Waals surface area contributed by atoms with Crippen LogP contribution in [-0.4, -0.2) is 42.5 Å². The van der Waals surface area contributed by atoms with E-state index < -0.39 is 27.0 Å². The van der Waals surface area contributed by atoms with Gasteiger partial charge in [0.15, 0.2) is 0 Å². The van der Waals surface area contributed by atoms with Crippen molar-refractivity contribution in [3.8, 4) is 0 Å². The van der Waals surface area contributed by atoms with Crippen LogP contribution in [0.15, 0.2) is 18.5 Å². The number of pyridine rings is 1. The van der Waals surface area contributed by atoms with Crippen molar-refractivity contribution in [1.82, 2.24) is 9.88 Å². The number of piperidine rings is 1. The summed E-state index contributed by atoms with van der Waals surface area (Å²) in [5.41, 5.74) is 0.107. The Morgan fingerprint density at radius 2 is 2.21 bits per heavy atom. The lowest BCUT2D eigenvalue weighted by Crippen LogP contribution is -2.47. The molecular weight excluding hydrogens is 273 g/mol. The summed E-state index contributed by atoms with van der Waals surface area (Å²) in [4.78, 5) is 17.1. The number of hydrogen-bond donors (Lipinski definition) is 1. The van der Waals surface area contributed by atoms with Gasteiger partial charge in [-0.1, -0.05) is 0 Å². The molecule has 1 fully saturated rings. The third kappa shape index (κ3) is 3.27. The molecule has 1 amide bonds. The van der Waals surface area contributed by atoms with Crippen molar-refractivity contribution in [2.24, 2.45) is 5.14 Å². The summed E-state index contributed by atoms with van der Waals surface area (Å²) < 4.78 is 35.6. The number of aromatic nitrogens is 1. The Morgan fingerprint density at radius 1 is 1.47 bits per heavy atom. The Labute approximate surface area is 110 Å². The number of halogens is 1. The highest BCUT2D eigenvalue weighted by atomic mass is 32.2. The van der Waals surface area contributed by atoms with E-state index in [1.165, 1.54) is 11.1 Å². The number of nitrogens with two attached hydrogens (primary N) is 1. The summed E-state index contributed by atoms with van der Waals surface area (Å²) in [5, 5.41) is 4.34. The molecule has 1 unspecified atom stereocenters. The molecule has 0 spiro atoms. The molecule has 1 aromatic heterocycles. The number of amides is 1. The van der Waals surface area contributed by atoms with Crippen molar-refractivity contribution in [1.29, 1.82) is 0 Å². The van der Waals surface area contributed by atoms with Gasteiger partial charge >= 0.3 is 0 Å². The van der Waals surface area contributed by atoms with Gasteiger partial charge in [0.2, 0.25) is 10.0 Å². The first-order chi connectivity index (χ1) is 8.88. The lowest BCUT2D eigenvalue weighted by Gasteiger charge is -2.31. The molecule has 2 N–H and O–H groups in total. The fourth-order valence-electron chi connectivity index (χ4n) is 2.10. The van der Waals surface area contributed by atoms with Crippen LogP contribution in [0.25, 0.3) is 0 Å². The Kier molecular flexibility index (Phi) is 3.81. The van der Waals surface area contributed by atoms with E-state index in [2.05, 4.69) is 4.98 Å². The number of nitrogens with zero attached hydrogens (tertiary/aromatic N) is 2. The molecule has 1 aliphatic rings. The second-order valence-corrected chi connectivity index (χ2v) is 6.34. The van der Waals surface area contributed by atoms with E-state index >= 15 is 0 Å². The van der Waals surface area contributed by atoms with E-state index in [4.69, 9.17) is 5.14 Å². The van der Waals surface area contributed by atoms with E-state index in [1.54, 1.807) is 0 Å². The first-order valence-electron chi connectivity index (χ1n) is 5.79. The predicted octanol–water partition coefficient (Wildman–Crippen LogP) is 0.114. The molecule has 0 aliphatic carbocycles. The van der Waals surface area contributed by atoms with Gasteiger partial charge in [-0.05, 0) is 18.9 Å². The SMILES string of the molecule is NS(=O)(=O)C1CCCN(C(=O)c2cncc(F)c2)C1. The van der Waals surface area contributed by atoms with Crippen LogP contribution in [0.3, 0.4) is 0 Å². The predicted molar refractivity (Wildman–Crippen MR) is 66.2 cm³/mol. The lowest BCUT2D eigenvalue weighted by atomic mass is 10.1. The van der Waals surface area contributed by atoms with Crippen molar-refractivity contribution in [3.63, 3.8) is 0 Å². The van der Waals surface area contributed by atoms with Crippen LogP contribution in [0, 0.1) is 5.82 Å². The van der Waals surface area contributed by atoms with Gasteiger partial charge in [-0.3, -0.25) is 9.78 Å². The Hall–Kier alpha value is -1.54. The van der Waals surface area contributed by atoms with Gasteiger partial charge in [0.05, 0.1) is 17.0 Å². The zero-order chi connectivity index (χ0) is 14.0. The van der Waals surface area contributed by atoms with Gasteiger partial charge in [-0.2, -0.15) is 0 Å². The van der Waals surface area contributed by atoms with E-state index in [-0.39, 0.29) is 12.1 Å². The highest BCUT2D eigenvalue weighted by molar-refractivity contribution is 7.89. The molecule has 1 saturated heterocycles. The first kappa shape index (κ1) is 13.9. The highest BCUT2D eigenvalue weighted by Crippen LogP contribution is 2.17. The van der Waals surface area contributed by atoms with Crippen LogP contribution in [0.2, 0.25) is 0 Å². The molecule has 19 heavy (non-hydrogen) atoms. The van der Waals surface area contributed by atoms with E-state index in [0.29, 0.717) is 19.4 Å². The molecule has 8 heteroatoms. The van der Waals surface area contributed by atoms with Gasteiger partial charge in [-0.25, -0.2) is 17.9 Å². The molecule has 104 valence electrons. The molecule has 0 radical (unpaired) electrons. The van der Waals surface area contributed by atoms with E-state index in [0.717, 1.165) is 12.3 Å². The van der Waals surface area contributed by atoms with Gasteiger partial charge in [-0.15, -0.1) is 0 Å². The van der Waals surface area contributed by atoms with Crippen LogP contribution >= 0.6 is 0 Å². The van der Waals surface area contributed by atoms with Crippen molar-refractivity contribution in [3.05, 3.63) is 29.8 Å². The fourth-order valence-corrected chi connectivity index (χ4v) is 2.99. The summed E-state index contributed by atoms with van der Waals surface area (Å²) in [5.74, 6) is -1.04. The maximum Gasteiger partial charge on any atom is 0.255 e. The number of carbonyl (C=O) groups excluding carboxylic acids is 1. The normalized spacial score (nSPS) is 20.3. The third-order valence-electron chi connectivity index (χ3n) is 3.08. The number of primary sulfonamides is 1. The van der Waals surface area contributed by atoms with Gasteiger partial charge < -0.3 is 4.90 Å². The molecule has 1 atom stereocenters. The van der Waals surface area contributed by atoms with Crippen molar-refractivity contribution < 1.29 is 17.6 Å². The minimum Gasteiger partial charge on any atom is -0.337 e. The standard InChI is InChI=1S/C11H14FN3O3S/c12-9-4-8(5-14-6-9)11(16)15-3-1-2-10(7-15)19(13,17)18/h4-6,10H,1-3,7H2,(H2,13,17,18). The summed E-state index contributed by atoms with van der Waals surface area (Å²) >= 11 is 0. The Balaban J connectivity index is 2.16. The number of carbonyl (C=O) groups is 1. The minimum absolute atomic E-state index is 0.0359. The van der Waals surface area contributed by atoms with Crippen molar-refractivity contribution in [2.45, 2.75) is 18.1 Å². The third-order valence-corrected chi connectivity index (χ3v) is 4.40. The second-order valence-electron chi connectivity index (χ2n) is 4.50. The molecule has 1 aliphatic heterocycles. The molecular formula is C11H14FN3O3S. The molecule has 6 nitrogen and oxygen atoms in total. The van der Waals surface area contributed by atoms with Crippen LogP contribution in [-0.2, 0) is 10.0 Å². The van der Waals surface area contributed by atoms with Crippen LogP contribution in [0.4, 0.5) is 4.39 Å². The van der Waals surface area contributed by atoms with E-state index in [9.17, 15) is 17.6 Å². The highest BCUT2D eigenvalue weighted by Gasteiger charge is 2.30. The van der Waals surface area contributed by atoms with Crippen LogP contribution < -0.4 is 5.14 Å². The number of rotatable bonds is 2. The molecule has 0 saturated carbocycles. The maximum atomic E-state index is 13.0. The van der Waals surface area contributed by atoms with Gasteiger partial charge in [0, 0.05) is 19.3 Å². The molecule has 2 heterocycles. The second kappa shape index (κ2) is 5.22. The zero-order valence-electron chi connectivity index (χ0n) is 10.1. The summed E-state index contributed by atoms with van der Waals surface area (Å²) in [7, 11) is -3.67. The number of sulfonamides is 1. The summed E-state index contributed by atoms with van der Waals surface area (Å²) in [6.45, 7) is 0.468.